The predicted molar refractivity (Wildman–Crippen MR) is 85.3 cm³/mol. The van der Waals surface area contributed by atoms with Gasteiger partial charge < -0.3 is 15.7 Å². The molecule has 10 nitrogen and oxygen atoms in total. The number of benzene rings is 1. The molecular formula is C15H18N6O4. The summed E-state index contributed by atoms with van der Waals surface area (Å²) >= 11 is 0. The molecule has 0 spiro atoms. The fraction of sp³-hybridized carbons (Fsp3) is 0.333. The average Bonchev–Trinajstić information content (AvgIpc) is 3.04. The van der Waals surface area contributed by atoms with Gasteiger partial charge >= 0.3 is 5.97 Å². The number of nitrogens with zero attached hydrogens (tertiary/aromatic N) is 4. The molecule has 132 valence electrons. The number of rotatable bonds is 9. The summed E-state index contributed by atoms with van der Waals surface area (Å²) in [4.78, 5) is 33.5. The zero-order valence-corrected chi connectivity index (χ0v) is 13.4. The summed E-state index contributed by atoms with van der Waals surface area (Å²) in [6.45, 7) is -0.275. The molecule has 10 heteroatoms. The summed E-state index contributed by atoms with van der Waals surface area (Å²) in [7, 11) is 0. The van der Waals surface area contributed by atoms with E-state index in [1.807, 2.05) is 30.3 Å². The van der Waals surface area contributed by atoms with Crippen LogP contribution in [0.1, 0.15) is 11.4 Å². The van der Waals surface area contributed by atoms with E-state index in [2.05, 4.69) is 26.2 Å². The van der Waals surface area contributed by atoms with Crippen molar-refractivity contribution in [3.63, 3.8) is 0 Å². The molecular weight excluding hydrogens is 328 g/mol. The Bertz CT molecular complexity index is 731. The van der Waals surface area contributed by atoms with Crippen molar-refractivity contribution < 1.29 is 19.5 Å². The third-order valence-electron chi connectivity index (χ3n) is 3.26. The van der Waals surface area contributed by atoms with Crippen LogP contribution in [0.3, 0.4) is 0 Å². The van der Waals surface area contributed by atoms with Crippen LogP contribution in [-0.2, 0) is 33.8 Å². The van der Waals surface area contributed by atoms with Crippen molar-refractivity contribution in [3.8, 4) is 0 Å². The molecule has 0 saturated carbocycles. The van der Waals surface area contributed by atoms with Gasteiger partial charge in [0.2, 0.25) is 11.8 Å². The number of nitrogens with one attached hydrogen (secondary N) is 2. The Kier molecular flexibility index (Phi) is 6.57. The molecule has 0 aliphatic carbocycles. The molecule has 0 fully saturated rings. The molecule has 2 aromatic rings. The molecule has 0 atom stereocenters. The van der Waals surface area contributed by atoms with Gasteiger partial charge in [0.15, 0.2) is 5.82 Å². The van der Waals surface area contributed by atoms with E-state index in [9.17, 15) is 14.4 Å². The molecule has 1 aromatic carbocycles. The minimum Gasteiger partial charge on any atom is -0.480 e. The van der Waals surface area contributed by atoms with Crippen LogP contribution in [0.4, 0.5) is 0 Å². The van der Waals surface area contributed by atoms with Crippen molar-refractivity contribution in [2.24, 2.45) is 0 Å². The van der Waals surface area contributed by atoms with E-state index in [-0.39, 0.29) is 13.0 Å². The molecule has 0 bridgehead atoms. The van der Waals surface area contributed by atoms with E-state index >= 15 is 0 Å². The van der Waals surface area contributed by atoms with E-state index in [0.29, 0.717) is 12.4 Å². The second kappa shape index (κ2) is 9.11. The highest BCUT2D eigenvalue weighted by Gasteiger charge is 2.13. The van der Waals surface area contributed by atoms with Gasteiger partial charge in [-0.15, -0.1) is 5.10 Å². The number of tetrazole rings is 1. The lowest BCUT2D eigenvalue weighted by molar-refractivity contribution is -0.137. The normalized spacial score (nSPS) is 10.2. The zero-order valence-electron chi connectivity index (χ0n) is 13.4. The summed E-state index contributed by atoms with van der Waals surface area (Å²) in [5, 5.41) is 24.2. The first-order valence-electron chi connectivity index (χ1n) is 7.58. The van der Waals surface area contributed by atoms with Gasteiger partial charge in [-0.05, 0) is 22.4 Å². The lowest BCUT2D eigenvalue weighted by atomic mass is 10.1. The quantitative estimate of drug-likeness (QED) is 0.517. The number of aliphatic carboxylic acids is 1. The second-order valence-electron chi connectivity index (χ2n) is 5.18. The number of carbonyl (C=O) groups is 3. The van der Waals surface area contributed by atoms with Crippen LogP contribution >= 0.6 is 0 Å². The Morgan fingerprint density at radius 1 is 1.04 bits per heavy atom. The third-order valence-corrected chi connectivity index (χ3v) is 3.26. The first-order valence-corrected chi connectivity index (χ1v) is 7.58. The van der Waals surface area contributed by atoms with E-state index in [1.54, 1.807) is 0 Å². The number of hydrogen-bond donors (Lipinski definition) is 3. The molecule has 1 heterocycles. The maximum absolute atomic E-state index is 11.9. The highest BCUT2D eigenvalue weighted by molar-refractivity contribution is 5.87. The molecule has 0 unspecified atom stereocenters. The summed E-state index contributed by atoms with van der Waals surface area (Å²) < 4.78 is 1.54. The summed E-state index contributed by atoms with van der Waals surface area (Å²) in [6, 6.07) is 9.80. The Morgan fingerprint density at radius 3 is 2.48 bits per heavy atom. The van der Waals surface area contributed by atoms with Gasteiger partial charge in [-0.3, -0.25) is 14.4 Å². The number of amides is 2. The Labute approximate surface area is 143 Å². The van der Waals surface area contributed by atoms with Crippen molar-refractivity contribution in [3.05, 3.63) is 41.7 Å². The van der Waals surface area contributed by atoms with Crippen LogP contribution in [0.5, 0.6) is 0 Å². The van der Waals surface area contributed by atoms with Crippen molar-refractivity contribution in [2.75, 3.05) is 13.1 Å². The molecule has 2 rings (SSSR count). The monoisotopic (exact) mass is 346 g/mol. The maximum Gasteiger partial charge on any atom is 0.322 e. The molecule has 0 aliphatic rings. The molecule has 1 aromatic heterocycles. The molecule has 0 radical (unpaired) electrons. The first kappa shape index (κ1) is 18.0. The van der Waals surface area contributed by atoms with E-state index in [1.165, 1.54) is 4.68 Å². The summed E-state index contributed by atoms with van der Waals surface area (Å²) in [5.41, 5.74) is 1.13. The van der Waals surface area contributed by atoms with Gasteiger partial charge in [-0.2, -0.15) is 0 Å². The number of hydrogen-bond acceptors (Lipinski definition) is 6. The van der Waals surface area contributed by atoms with Crippen molar-refractivity contribution in [1.29, 1.82) is 0 Å². The fourth-order valence-electron chi connectivity index (χ4n) is 2.02. The van der Waals surface area contributed by atoms with Crippen molar-refractivity contribution in [1.82, 2.24) is 30.8 Å². The van der Waals surface area contributed by atoms with Gasteiger partial charge in [0.1, 0.15) is 6.54 Å². The molecule has 0 saturated heterocycles. The van der Waals surface area contributed by atoms with E-state index in [0.717, 1.165) is 12.0 Å². The largest absolute Gasteiger partial charge is 0.480 e. The Hall–Kier alpha value is -3.30. The third kappa shape index (κ3) is 6.37. The fourth-order valence-corrected chi connectivity index (χ4v) is 2.02. The average molecular weight is 346 g/mol. The van der Waals surface area contributed by atoms with E-state index in [4.69, 9.17) is 5.11 Å². The topological polar surface area (TPSA) is 139 Å². The number of aryl methyl sites for hydroxylation is 2. The minimum atomic E-state index is -1.16. The highest BCUT2D eigenvalue weighted by atomic mass is 16.4. The summed E-state index contributed by atoms with van der Waals surface area (Å²) in [5.74, 6) is -1.78. The SMILES string of the molecule is O=C(O)CNC(=O)CNC(=O)Cc1nnnn1CCc1ccccc1. The standard InChI is InChI=1S/C15H18N6O4/c22-13(16-9-14(23)17-10-15(24)25)8-12-18-19-20-21(12)7-6-11-4-2-1-3-5-11/h1-5H,6-10H2,(H,16,22)(H,17,23)(H,24,25). The van der Waals surface area contributed by atoms with Gasteiger partial charge in [0.05, 0.1) is 13.0 Å². The summed E-state index contributed by atoms with van der Waals surface area (Å²) in [6.07, 6.45) is 0.645. The van der Waals surface area contributed by atoms with Crippen LogP contribution in [-0.4, -0.2) is 56.2 Å². The van der Waals surface area contributed by atoms with Crippen molar-refractivity contribution in [2.45, 2.75) is 19.4 Å². The van der Waals surface area contributed by atoms with Crippen LogP contribution in [0.15, 0.2) is 30.3 Å². The number of carbonyl (C=O) groups excluding carboxylic acids is 2. The number of aromatic nitrogens is 4. The Balaban J connectivity index is 1.78. The van der Waals surface area contributed by atoms with Gasteiger partial charge in [-0.1, -0.05) is 30.3 Å². The maximum atomic E-state index is 11.9. The smallest absolute Gasteiger partial charge is 0.322 e. The highest BCUT2D eigenvalue weighted by Crippen LogP contribution is 2.02. The lowest BCUT2D eigenvalue weighted by Gasteiger charge is -2.06. The molecule has 2 amide bonds. The van der Waals surface area contributed by atoms with Crippen LogP contribution in [0, 0.1) is 0 Å². The van der Waals surface area contributed by atoms with Crippen LogP contribution < -0.4 is 10.6 Å². The van der Waals surface area contributed by atoms with E-state index < -0.39 is 24.3 Å². The number of carboxylic acids is 1. The van der Waals surface area contributed by atoms with Crippen molar-refractivity contribution >= 4 is 17.8 Å². The minimum absolute atomic E-state index is 0.0754. The molecule has 25 heavy (non-hydrogen) atoms. The van der Waals surface area contributed by atoms with Crippen LogP contribution in [0.25, 0.3) is 0 Å². The predicted octanol–water partition coefficient (Wildman–Crippen LogP) is -1.22. The van der Waals surface area contributed by atoms with Gasteiger partial charge in [0, 0.05) is 6.54 Å². The van der Waals surface area contributed by atoms with Crippen LogP contribution in [0.2, 0.25) is 0 Å². The second-order valence-corrected chi connectivity index (χ2v) is 5.18. The number of carboxylic acid groups (broad SMARTS) is 1. The van der Waals surface area contributed by atoms with Gasteiger partial charge in [0.25, 0.3) is 0 Å². The van der Waals surface area contributed by atoms with Gasteiger partial charge in [-0.25, -0.2) is 4.68 Å². The lowest BCUT2D eigenvalue weighted by Crippen LogP contribution is -2.39. The molecule has 3 N–H and O–H groups in total. The molecule has 0 aliphatic heterocycles. The Morgan fingerprint density at radius 2 is 1.76 bits per heavy atom. The first-order chi connectivity index (χ1) is 12.0. The zero-order chi connectivity index (χ0) is 18.1.